The number of nitrogens with zero attached hydrogens (tertiary/aromatic N) is 2. The van der Waals surface area contributed by atoms with Crippen molar-refractivity contribution in [1.29, 1.82) is 0 Å². The maximum absolute atomic E-state index is 12.9. The lowest BCUT2D eigenvalue weighted by Gasteiger charge is -2.21. The summed E-state index contributed by atoms with van der Waals surface area (Å²) >= 11 is 0. The molecule has 0 unspecified atom stereocenters. The summed E-state index contributed by atoms with van der Waals surface area (Å²) in [6.07, 6.45) is -0.296. The van der Waals surface area contributed by atoms with Gasteiger partial charge in [-0.05, 0) is 6.42 Å². The summed E-state index contributed by atoms with van der Waals surface area (Å²) in [4.78, 5) is 46.5. The molecule has 1 aliphatic rings. The van der Waals surface area contributed by atoms with Crippen LogP contribution < -0.4 is 14.8 Å². The van der Waals surface area contributed by atoms with Gasteiger partial charge in [0, 0.05) is 18.7 Å². The van der Waals surface area contributed by atoms with Gasteiger partial charge in [0.1, 0.15) is 18.6 Å². The Labute approximate surface area is 159 Å². The summed E-state index contributed by atoms with van der Waals surface area (Å²) in [6.45, 7) is 3.69. The SMILES string of the molecule is C=C1C[C@@H](C=O)N(C(=O)c2cc([N+](=O)[O-])c(OCCNC(=O)O)cc2OC)C1. The van der Waals surface area contributed by atoms with Crippen molar-refractivity contribution in [3.05, 3.63) is 40.0 Å². The van der Waals surface area contributed by atoms with Crippen LogP contribution in [0, 0.1) is 10.1 Å². The van der Waals surface area contributed by atoms with E-state index < -0.39 is 28.7 Å². The van der Waals surface area contributed by atoms with Gasteiger partial charge in [-0.2, -0.15) is 0 Å². The molecule has 0 saturated carbocycles. The van der Waals surface area contributed by atoms with Gasteiger partial charge in [-0.1, -0.05) is 12.2 Å². The van der Waals surface area contributed by atoms with E-state index in [-0.39, 0.29) is 36.8 Å². The topological polar surface area (TPSA) is 148 Å². The average molecular weight is 393 g/mol. The smallest absolute Gasteiger partial charge is 0.404 e. The highest BCUT2D eigenvalue weighted by atomic mass is 16.6. The van der Waals surface area contributed by atoms with E-state index in [2.05, 4.69) is 11.9 Å². The van der Waals surface area contributed by atoms with Crippen molar-refractivity contribution in [2.45, 2.75) is 12.5 Å². The summed E-state index contributed by atoms with van der Waals surface area (Å²) in [5.74, 6) is -0.753. The zero-order valence-electron chi connectivity index (χ0n) is 15.0. The van der Waals surface area contributed by atoms with E-state index in [1.807, 2.05) is 0 Å². The fourth-order valence-electron chi connectivity index (χ4n) is 2.79. The Morgan fingerprint density at radius 1 is 1.46 bits per heavy atom. The van der Waals surface area contributed by atoms with Gasteiger partial charge in [-0.15, -0.1) is 0 Å². The minimum atomic E-state index is -1.26. The lowest BCUT2D eigenvalue weighted by Crippen LogP contribution is -2.36. The van der Waals surface area contributed by atoms with E-state index in [0.717, 1.165) is 6.07 Å². The molecular formula is C17H19N3O8. The van der Waals surface area contributed by atoms with E-state index in [9.17, 15) is 24.5 Å². The summed E-state index contributed by atoms with van der Waals surface area (Å²) in [5, 5.41) is 22.0. The zero-order chi connectivity index (χ0) is 20.8. The van der Waals surface area contributed by atoms with Gasteiger partial charge < -0.3 is 29.6 Å². The molecule has 2 N–H and O–H groups in total. The monoisotopic (exact) mass is 393 g/mol. The van der Waals surface area contributed by atoms with E-state index in [1.54, 1.807) is 0 Å². The molecule has 0 spiro atoms. The molecule has 150 valence electrons. The van der Waals surface area contributed by atoms with Crippen molar-refractivity contribution in [1.82, 2.24) is 10.2 Å². The minimum absolute atomic E-state index is 0.0268. The van der Waals surface area contributed by atoms with Crippen LogP contribution in [-0.4, -0.2) is 66.1 Å². The van der Waals surface area contributed by atoms with Crippen LogP contribution in [0.25, 0.3) is 0 Å². The molecule has 28 heavy (non-hydrogen) atoms. The first kappa shape index (κ1) is 20.7. The number of nitro groups is 1. The first-order valence-electron chi connectivity index (χ1n) is 8.17. The highest BCUT2D eigenvalue weighted by Crippen LogP contribution is 2.36. The van der Waals surface area contributed by atoms with Crippen molar-refractivity contribution in [3.8, 4) is 11.5 Å². The Morgan fingerprint density at radius 3 is 2.75 bits per heavy atom. The number of benzene rings is 1. The number of nitro benzene ring substituents is 1. The molecule has 1 saturated heterocycles. The van der Waals surface area contributed by atoms with Crippen molar-refractivity contribution in [2.24, 2.45) is 0 Å². The van der Waals surface area contributed by atoms with Gasteiger partial charge >= 0.3 is 11.8 Å². The molecule has 1 aromatic rings. The van der Waals surface area contributed by atoms with Gasteiger partial charge in [0.05, 0.1) is 30.2 Å². The van der Waals surface area contributed by atoms with Crippen LogP contribution in [0.2, 0.25) is 0 Å². The number of hydrogen-bond donors (Lipinski definition) is 2. The van der Waals surface area contributed by atoms with Gasteiger partial charge in [-0.3, -0.25) is 14.9 Å². The third-order valence-electron chi connectivity index (χ3n) is 4.05. The Kier molecular flexibility index (Phi) is 6.53. The van der Waals surface area contributed by atoms with Gasteiger partial charge in [-0.25, -0.2) is 4.79 Å². The first-order chi connectivity index (χ1) is 13.3. The number of methoxy groups -OCH3 is 1. The molecule has 0 aliphatic carbocycles. The number of carboxylic acid groups (broad SMARTS) is 1. The maximum atomic E-state index is 12.9. The number of carbonyl (C=O) groups is 3. The number of ether oxygens (including phenoxy) is 2. The number of rotatable bonds is 8. The van der Waals surface area contributed by atoms with Gasteiger partial charge in [0.2, 0.25) is 5.75 Å². The molecule has 2 rings (SSSR count). The van der Waals surface area contributed by atoms with Crippen molar-refractivity contribution >= 4 is 24.0 Å². The van der Waals surface area contributed by atoms with Crippen molar-refractivity contribution in [3.63, 3.8) is 0 Å². The molecule has 1 atom stereocenters. The van der Waals surface area contributed by atoms with E-state index in [1.165, 1.54) is 18.1 Å². The molecular weight excluding hydrogens is 374 g/mol. The fourth-order valence-corrected chi connectivity index (χ4v) is 2.79. The Hall–Kier alpha value is -3.63. The molecule has 11 heteroatoms. The first-order valence-corrected chi connectivity index (χ1v) is 8.17. The third kappa shape index (κ3) is 4.55. The van der Waals surface area contributed by atoms with Crippen LogP contribution >= 0.6 is 0 Å². The molecule has 11 nitrogen and oxygen atoms in total. The number of hydrogen-bond acceptors (Lipinski definition) is 7. The average Bonchev–Trinajstić information content (AvgIpc) is 3.04. The molecule has 0 radical (unpaired) electrons. The number of likely N-dealkylation sites (tertiary alicyclic amines) is 1. The van der Waals surface area contributed by atoms with Crippen LogP contribution in [0.15, 0.2) is 24.3 Å². The fraction of sp³-hybridized carbons (Fsp3) is 0.353. The molecule has 2 amide bonds. The van der Waals surface area contributed by atoms with Crippen LogP contribution in [-0.2, 0) is 4.79 Å². The second kappa shape index (κ2) is 8.84. The molecule has 1 fully saturated rings. The summed E-state index contributed by atoms with van der Waals surface area (Å²) < 4.78 is 10.4. The highest BCUT2D eigenvalue weighted by molar-refractivity contribution is 6.00. The number of carbonyl (C=O) groups excluding carboxylic acids is 2. The number of amides is 2. The maximum Gasteiger partial charge on any atom is 0.404 e. The lowest BCUT2D eigenvalue weighted by atomic mass is 10.1. The second-order valence-electron chi connectivity index (χ2n) is 5.95. The summed E-state index contributed by atoms with van der Waals surface area (Å²) in [6, 6.07) is 1.51. The Bertz CT molecular complexity index is 823. The van der Waals surface area contributed by atoms with Crippen LogP contribution in [0.1, 0.15) is 16.8 Å². The molecule has 0 aromatic heterocycles. The molecule has 0 bridgehead atoms. The van der Waals surface area contributed by atoms with Crippen molar-refractivity contribution < 1.29 is 33.9 Å². The second-order valence-corrected chi connectivity index (χ2v) is 5.95. The van der Waals surface area contributed by atoms with Crippen LogP contribution in [0.4, 0.5) is 10.5 Å². The number of aldehydes is 1. The van der Waals surface area contributed by atoms with Crippen molar-refractivity contribution in [2.75, 3.05) is 26.8 Å². The zero-order valence-corrected chi connectivity index (χ0v) is 15.0. The molecule has 1 aliphatic heterocycles. The predicted molar refractivity (Wildman–Crippen MR) is 95.8 cm³/mol. The third-order valence-corrected chi connectivity index (χ3v) is 4.05. The van der Waals surface area contributed by atoms with Crippen LogP contribution in [0.3, 0.4) is 0 Å². The van der Waals surface area contributed by atoms with E-state index >= 15 is 0 Å². The Morgan fingerprint density at radius 2 is 2.18 bits per heavy atom. The van der Waals surface area contributed by atoms with E-state index in [0.29, 0.717) is 18.3 Å². The van der Waals surface area contributed by atoms with Gasteiger partial charge in [0.25, 0.3) is 5.91 Å². The predicted octanol–water partition coefficient (Wildman–Crippen LogP) is 1.22. The standard InChI is InChI=1S/C17H19N3O8/c1-10-5-11(9-21)19(8-10)16(22)12-6-13(20(25)26)15(7-14(12)27-2)28-4-3-18-17(23)24/h6-7,9,11,18H,1,3-5,8H2,2H3,(H,23,24)/t11-/m0/s1. The normalized spacial score (nSPS) is 15.8. The number of nitrogens with one attached hydrogen (secondary N) is 1. The van der Waals surface area contributed by atoms with E-state index in [4.69, 9.17) is 14.6 Å². The quantitative estimate of drug-likeness (QED) is 0.220. The summed E-state index contributed by atoms with van der Waals surface area (Å²) in [5.41, 5.74) is 0.122. The Balaban J connectivity index is 2.34. The van der Waals surface area contributed by atoms with Crippen LogP contribution in [0.5, 0.6) is 11.5 Å². The molecule has 1 heterocycles. The molecule has 1 aromatic carbocycles. The summed E-state index contributed by atoms with van der Waals surface area (Å²) in [7, 11) is 1.29. The highest BCUT2D eigenvalue weighted by Gasteiger charge is 2.34. The lowest BCUT2D eigenvalue weighted by molar-refractivity contribution is -0.385. The van der Waals surface area contributed by atoms with Gasteiger partial charge in [0.15, 0.2) is 0 Å². The largest absolute Gasteiger partial charge is 0.496 e. The minimum Gasteiger partial charge on any atom is -0.496 e.